The fourth-order valence-electron chi connectivity index (χ4n) is 2.99. The van der Waals surface area contributed by atoms with Crippen LogP contribution in [-0.4, -0.2) is 52.1 Å². The third-order valence-corrected chi connectivity index (χ3v) is 6.58. The van der Waals surface area contributed by atoms with Gasteiger partial charge in [-0.3, -0.25) is 4.57 Å². The van der Waals surface area contributed by atoms with E-state index in [0.717, 1.165) is 56.1 Å². The molecule has 0 N–H and O–H groups in total. The third kappa shape index (κ3) is 6.16. The van der Waals surface area contributed by atoms with E-state index in [4.69, 9.17) is 4.74 Å². The smallest absolute Gasteiger partial charge is 0.228 e. The topological polar surface area (TPSA) is 43.2 Å². The maximum atomic E-state index is 5.49. The van der Waals surface area contributed by atoms with Gasteiger partial charge in [0.2, 0.25) is 5.95 Å². The first-order valence-corrected chi connectivity index (χ1v) is 11.6. The fraction of sp³-hybridized carbons (Fsp3) is 0.600. The van der Waals surface area contributed by atoms with Crippen LogP contribution in [0.3, 0.4) is 0 Å². The fourth-order valence-corrected chi connectivity index (χ4v) is 5.16. The first-order valence-electron chi connectivity index (χ1n) is 9.74. The van der Waals surface area contributed by atoms with Gasteiger partial charge < -0.3 is 9.64 Å². The van der Waals surface area contributed by atoms with E-state index in [2.05, 4.69) is 70.8 Å². The summed E-state index contributed by atoms with van der Waals surface area (Å²) in [6.45, 7) is 11.1. The van der Waals surface area contributed by atoms with Gasteiger partial charge >= 0.3 is 0 Å². The zero-order valence-corrected chi connectivity index (χ0v) is 18.1. The molecule has 1 saturated heterocycles. The van der Waals surface area contributed by atoms with Gasteiger partial charge in [-0.25, -0.2) is 0 Å². The van der Waals surface area contributed by atoms with Gasteiger partial charge in [0.1, 0.15) is 0 Å². The molecular weight excluding hydrogens is 376 g/mol. The molecule has 27 heavy (non-hydrogen) atoms. The van der Waals surface area contributed by atoms with Gasteiger partial charge in [-0.15, -0.1) is 22.0 Å². The maximum absolute atomic E-state index is 5.49. The summed E-state index contributed by atoms with van der Waals surface area (Å²) in [5, 5.41) is 10.6. The van der Waals surface area contributed by atoms with Crippen LogP contribution in [0.15, 0.2) is 40.4 Å². The second kappa shape index (κ2) is 10.4. The molecule has 0 radical (unpaired) electrons. The summed E-state index contributed by atoms with van der Waals surface area (Å²) in [4.78, 5) is 3.64. The Hall–Kier alpha value is -1.18. The highest BCUT2D eigenvalue weighted by molar-refractivity contribution is 8.00. The first-order chi connectivity index (χ1) is 13.1. The van der Waals surface area contributed by atoms with E-state index >= 15 is 0 Å². The molecule has 1 aromatic heterocycles. The highest BCUT2D eigenvalue weighted by Crippen LogP contribution is 2.30. The van der Waals surface area contributed by atoms with Crippen molar-refractivity contribution in [3.8, 4) is 0 Å². The van der Waals surface area contributed by atoms with Crippen LogP contribution in [-0.2, 0) is 11.3 Å². The van der Waals surface area contributed by atoms with Crippen LogP contribution in [0, 0.1) is 5.92 Å². The Morgan fingerprint density at radius 2 is 1.81 bits per heavy atom. The van der Waals surface area contributed by atoms with Gasteiger partial charge in [0.05, 0.1) is 13.2 Å². The Balaban J connectivity index is 1.60. The summed E-state index contributed by atoms with van der Waals surface area (Å²) < 4.78 is 7.79. The van der Waals surface area contributed by atoms with Crippen molar-refractivity contribution >= 4 is 29.5 Å². The number of ether oxygens (including phenoxy) is 1. The zero-order valence-electron chi connectivity index (χ0n) is 16.5. The summed E-state index contributed by atoms with van der Waals surface area (Å²) in [6.07, 6.45) is 1.14. The van der Waals surface area contributed by atoms with Gasteiger partial charge in [0.15, 0.2) is 5.16 Å². The molecule has 148 valence electrons. The van der Waals surface area contributed by atoms with E-state index in [1.807, 2.05) is 23.5 Å². The van der Waals surface area contributed by atoms with Gasteiger partial charge in [-0.1, -0.05) is 50.7 Å². The molecule has 7 heteroatoms. The predicted molar refractivity (Wildman–Crippen MR) is 115 cm³/mol. The molecule has 2 aromatic rings. The van der Waals surface area contributed by atoms with Crippen LogP contribution in [0.4, 0.5) is 5.95 Å². The van der Waals surface area contributed by atoms with Crippen LogP contribution < -0.4 is 4.90 Å². The van der Waals surface area contributed by atoms with Crippen LogP contribution >= 0.6 is 23.5 Å². The van der Waals surface area contributed by atoms with Gasteiger partial charge in [-0.05, 0) is 30.2 Å². The second-order valence-electron chi connectivity index (χ2n) is 7.27. The molecule has 0 bridgehead atoms. The van der Waals surface area contributed by atoms with Crippen LogP contribution in [0.1, 0.15) is 27.2 Å². The van der Waals surface area contributed by atoms with Crippen molar-refractivity contribution in [3.63, 3.8) is 0 Å². The number of rotatable bonds is 9. The Labute approximate surface area is 171 Å². The highest BCUT2D eigenvalue weighted by atomic mass is 32.2. The number of anilines is 1. The lowest BCUT2D eigenvalue weighted by molar-refractivity contribution is 0.121. The minimum absolute atomic E-state index is 0.508. The largest absolute Gasteiger partial charge is 0.378 e. The Bertz CT molecular complexity index is 687. The minimum Gasteiger partial charge on any atom is -0.378 e. The molecule has 1 fully saturated rings. The molecule has 1 aromatic carbocycles. The van der Waals surface area contributed by atoms with Gasteiger partial charge in [0.25, 0.3) is 0 Å². The van der Waals surface area contributed by atoms with Crippen molar-refractivity contribution in [3.05, 3.63) is 30.3 Å². The van der Waals surface area contributed by atoms with E-state index in [-0.39, 0.29) is 0 Å². The molecule has 0 unspecified atom stereocenters. The van der Waals surface area contributed by atoms with Crippen molar-refractivity contribution in [2.75, 3.05) is 37.0 Å². The number of thioether (sulfide) groups is 2. The molecule has 1 aliphatic heterocycles. The zero-order chi connectivity index (χ0) is 19.1. The Morgan fingerprint density at radius 3 is 2.52 bits per heavy atom. The van der Waals surface area contributed by atoms with E-state index in [1.165, 1.54) is 4.90 Å². The van der Waals surface area contributed by atoms with Crippen LogP contribution in [0.25, 0.3) is 0 Å². The quantitative estimate of drug-likeness (QED) is 0.574. The standard InChI is InChI=1S/C20H30N4OS2/c1-16(2)15-24-19(23-10-12-25-13-11-23)21-22-20(24)27-17(3)9-14-26-18-7-5-4-6-8-18/h4-8,16-17H,9-15H2,1-3H3/t17-/m1/s1. The van der Waals surface area contributed by atoms with Gasteiger partial charge in [-0.2, -0.15) is 0 Å². The number of benzene rings is 1. The van der Waals surface area contributed by atoms with Crippen molar-refractivity contribution in [2.24, 2.45) is 5.92 Å². The van der Waals surface area contributed by atoms with E-state index in [0.29, 0.717) is 11.2 Å². The molecule has 2 heterocycles. The number of nitrogens with zero attached hydrogens (tertiary/aromatic N) is 4. The van der Waals surface area contributed by atoms with E-state index in [9.17, 15) is 0 Å². The highest BCUT2D eigenvalue weighted by Gasteiger charge is 2.22. The van der Waals surface area contributed by atoms with Crippen molar-refractivity contribution < 1.29 is 4.74 Å². The summed E-state index contributed by atoms with van der Waals surface area (Å²) in [5.41, 5.74) is 0. The van der Waals surface area contributed by atoms with Crippen LogP contribution in [0.5, 0.6) is 0 Å². The lowest BCUT2D eigenvalue weighted by Gasteiger charge is -2.28. The van der Waals surface area contributed by atoms with Crippen LogP contribution in [0.2, 0.25) is 0 Å². The lowest BCUT2D eigenvalue weighted by Crippen LogP contribution is -2.38. The minimum atomic E-state index is 0.508. The van der Waals surface area contributed by atoms with Gasteiger partial charge in [0, 0.05) is 29.8 Å². The molecule has 0 amide bonds. The molecule has 5 nitrogen and oxygen atoms in total. The van der Waals surface area contributed by atoms with Crippen molar-refractivity contribution in [1.29, 1.82) is 0 Å². The average Bonchev–Trinajstić information content (AvgIpc) is 3.05. The van der Waals surface area contributed by atoms with E-state index < -0.39 is 0 Å². The Kier molecular flexibility index (Phi) is 7.91. The molecule has 1 aliphatic rings. The number of hydrogen-bond donors (Lipinski definition) is 0. The van der Waals surface area contributed by atoms with Crippen molar-refractivity contribution in [1.82, 2.24) is 14.8 Å². The third-order valence-electron chi connectivity index (χ3n) is 4.38. The predicted octanol–water partition coefficient (Wildman–Crippen LogP) is 4.43. The molecule has 1 atom stereocenters. The molecular formula is C20H30N4OS2. The number of morpholine rings is 1. The summed E-state index contributed by atoms with van der Waals surface area (Å²) >= 11 is 3.77. The van der Waals surface area contributed by atoms with Crippen molar-refractivity contribution in [2.45, 2.75) is 49.0 Å². The molecule has 0 aliphatic carbocycles. The average molecular weight is 407 g/mol. The Morgan fingerprint density at radius 1 is 1.07 bits per heavy atom. The lowest BCUT2D eigenvalue weighted by atomic mass is 10.2. The summed E-state index contributed by atoms with van der Waals surface area (Å²) in [7, 11) is 0. The molecule has 3 rings (SSSR count). The second-order valence-corrected chi connectivity index (χ2v) is 9.84. The normalized spacial score (nSPS) is 16.1. The maximum Gasteiger partial charge on any atom is 0.228 e. The number of aromatic nitrogens is 3. The first kappa shape index (κ1) is 20.6. The molecule has 0 saturated carbocycles. The SMILES string of the molecule is CC(C)Cn1c(S[C@H](C)CCSc2ccccc2)nnc1N1CCOCC1. The molecule has 0 spiro atoms. The monoisotopic (exact) mass is 406 g/mol. The summed E-state index contributed by atoms with van der Waals surface area (Å²) in [5.74, 6) is 2.68. The number of hydrogen-bond acceptors (Lipinski definition) is 6. The summed E-state index contributed by atoms with van der Waals surface area (Å²) in [6, 6.07) is 10.6. The van der Waals surface area contributed by atoms with E-state index in [1.54, 1.807) is 0 Å².